The highest BCUT2D eigenvalue weighted by Crippen LogP contribution is 2.22. The van der Waals surface area contributed by atoms with E-state index in [1.54, 1.807) is 12.1 Å². The standard InChI is InChI=1S/C34H41N5O5/c1-38-30(22-24-12-6-3-7-13-24)31(41)37-28(21-23-10-4-2-5-11-23)33(43)39(29(34(38)44)14-8-9-19-35)32(42)27(36)20-25-15-17-26(40)18-16-25/h2-7,10-13,15-18,27-30,40H,8-9,14,19-22,35-36H2,1H3,(H,37,41)/t27-,28-,29+,30-/m0/s1. The number of aromatic hydroxyl groups is 1. The van der Waals surface area contributed by atoms with Gasteiger partial charge in [-0.25, -0.2) is 0 Å². The largest absolute Gasteiger partial charge is 0.508 e. The average molecular weight is 600 g/mol. The number of rotatable bonds is 11. The van der Waals surface area contributed by atoms with Gasteiger partial charge in [0.1, 0.15) is 23.9 Å². The number of nitrogens with two attached hydrogens (primary N) is 2. The lowest BCUT2D eigenvalue weighted by molar-refractivity contribution is -0.156. The number of imide groups is 1. The Labute approximate surface area is 258 Å². The number of likely N-dealkylation sites (N-methyl/N-ethyl adjacent to an activating group) is 1. The van der Waals surface area contributed by atoms with Gasteiger partial charge in [0.15, 0.2) is 0 Å². The number of benzene rings is 3. The van der Waals surface area contributed by atoms with Crippen molar-refractivity contribution in [3.63, 3.8) is 0 Å². The number of nitrogens with one attached hydrogen (secondary N) is 1. The Bertz CT molecular complexity index is 1420. The fraction of sp³-hybridized carbons (Fsp3) is 0.353. The first-order valence-electron chi connectivity index (χ1n) is 14.9. The zero-order valence-corrected chi connectivity index (χ0v) is 25.0. The fourth-order valence-electron chi connectivity index (χ4n) is 5.53. The van der Waals surface area contributed by atoms with Gasteiger partial charge < -0.3 is 26.8 Å². The minimum atomic E-state index is -1.18. The van der Waals surface area contributed by atoms with E-state index in [0.29, 0.717) is 24.9 Å². The number of hydrogen-bond donors (Lipinski definition) is 4. The Morgan fingerprint density at radius 3 is 2.00 bits per heavy atom. The van der Waals surface area contributed by atoms with Gasteiger partial charge in [0.2, 0.25) is 17.7 Å². The van der Waals surface area contributed by atoms with Crippen molar-refractivity contribution >= 4 is 23.6 Å². The minimum Gasteiger partial charge on any atom is -0.508 e. The van der Waals surface area contributed by atoms with Crippen molar-refractivity contribution < 1.29 is 24.3 Å². The zero-order valence-electron chi connectivity index (χ0n) is 25.0. The normalized spacial score (nSPS) is 20.0. The quantitative estimate of drug-likeness (QED) is 0.245. The van der Waals surface area contributed by atoms with Gasteiger partial charge in [-0.05, 0) is 61.1 Å². The summed E-state index contributed by atoms with van der Waals surface area (Å²) >= 11 is 0. The number of carbonyl (C=O) groups excluding carboxylic acids is 4. The second kappa shape index (κ2) is 15.3. The van der Waals surface area contributed by atoms with Crippen LogP contribution in [0.5, 0.6) is 5.75 Å². The molecule has 1 heterocycles. The van der Waals surface area contributed by atoms with Crippen LogP contribution < -0.4 is 16.8 Å². The zero-order chi connectivity index (χ0) is 31.6. The summed E-state index contributed by atoms with van der Waals surface area (Å²) in [5.74, 6) is -2.33. The van der Waals surface area contributed by atoms with Crippen molar-refractivity contribution in [2.24, 2.45) is 11.5 Å². The molecular weight excluding hydrogens is 558 g/mol. The summed E-state index contributed by atoms with van der Waals surface area (Å²) < 4.78 is 0. The van der Waals surface area contributed by atoms with Crippen LogP contribution in [0.4, 0.5) is 0 Å². The Hall–Kier alpha value is -4.54. The number of hydrogen-bond acceptors (Lipinski definition) is 7. The van der Waals surface area contributed by atoms with Crippen LogP contribution in [-0.2, 0) is 38.4 Å². The van der Waals surface area contributed by atoms with Gasteiger partial charge in [0.25, 0.3) is 5.91 Å². The van der Waals surface area contributed by atoms with Gasteiger partial charge in [-0.15, -0.1) is 0 Å². The Balaban J connectivity index is 1.76. The molecule has 10 heteroatoms. The Kier molecular flexibility index (Phi) is 11.2. The third-order valence-corrected chi connectivity index (χ3v) is 8.00. The van der Waals surface area contributed by atoms with E-state index in [4.69, 9.17) is 11.5 Å². The molecule has 44 heavy (non-hydrogen) atoms. The Morgan fingerprint density at radius 2 is 1.41 bits per heavy atom. The number of unbranched alkanes of at least 4 members (excludes halogenated alkanes) is 1. The van der Waals surface area contributed by atoms with E-state index in [1.807, 2.05) is 60.7 Å². The van der Waals surface area contributed by atoms with Crippen LogP contribution in [0, 0.1) is 0 Å². The van der Waals surface area contributed by atoms with Gasteiger partial charge in [0, 0.05) is 19.9 Å². The van der Waals surface area contributed by atoms with E-state index in [2.05, 4.69) is 5.32 Å². The SMILES string of the molecule is CN1C(=O)[C@@H](CCCCN)N(C(=O)[C@@H](N)Cc2ccc(O)cc2)C(=O)[C@H](Cc2ccccc2)NC(=O)[C@@H]1Cc1ccccc1. The molecule has 0 bridgehead atoms. The number of amides is 4. The maximum atomic E-state index is 14.4. The fourth-order valence-corrected chi connectivity index (χ4v) is 5.53. The first-order chi connectivity index (χ1) is 21.2. The third kappa shape index (κ3) is 8.09. The molecule has 0 radical (unpaired) electrons. The summed E-state index contributed by atoms with van der Waals surface area (Å²) in [7, 11) is 1.53. The molecule has 1 aliphatic rings. The van der Waals surface area contributed by atoms with E-state index in [9.17, 15) is 24.3 Å². The lowest BCUT2D eigenvalue weighted by atomic mass is 9.99. The van der Waals surface area contributed by atoms with Crippen LogP contribution >= 0.6 is 0 Å². The molecule has 4 amide bonds. The molecule has 0 saturated carbocycles. The molecule has 4 atom stereocenters. The van der Waals surface area contributed by atoms with Crippen LogP contribution in [-0.4, -0.2) is 76.3 Å². The number of carbonyl (C=O) groups is 4. The first-order valence-corrected chi connectivity index (χ1v) is 14.9. The molecule has 0 aliphatic carbocycles. The maximum absolute atomic E-state index is 14.4. The molecule has 0 unspecified atom stereocenters. The van der Waals surface area contributed by atoms with Gasteiger partial charge in [0.05, 0.1) is 6.04 Å². The first kappa shape index (κ1) is 32.4. The van der Waals surface area contributed by atoms with Crippen molar-refractivity contribution in [1.82, 2.24) is 15.1 Å². The topological polar surface area (TPSA) is 159 Å². The highest BCUT2D eigenvalue weighted by Gasteiger charge is 2.45. The average Bonchev–Trinajstić information content (AvgIpc) is 3.05. The van der Waals surface area contributed by atoms with Crippen LogP contribution in [0.25, 0.3) is 0 Å². The molecular formula is C34H41N5O5. The predicted molar refractivity (Wildman–Crippen MR) is 167 cm³/mol. The van der Waals surface area contributed by atoms with Crippen molar-refractivity contribution in [2.45, 2.75) is 62.7 Å². The third-order valence-electron chi connectivity index (χ3n) is 8.00. The van der Waals surface area contributed by atoms with E-state index >= 15 is 0 Å². The molecule has 232 valence electrons. The van der Waals surface area contributed by atoms with E-state index in [1.165, 1.54) is 24.1 Å². The van der Waals surface area contributed by atoms with Crippen molar-refractivity contribution in [1.29, 1.82) is 0 Å². The summed E-state index contributed by atoms with van der Waals surface area (Å²) in [6, 6.07) is 20.4. The summed E-state index contributed by atoms with van der Waals surface area (Å²) in [5.41, 5.74) is 14.5. The lowest BCUT2D eigenvalue weighted by Gasteiger charge is -2.35. The van der Waals surface area contributed by atoms with Crippen LogP contribution in [0.1, 0.15) is 36.0 Å². The second-order valence-electron chi connectivity index (χ2n) is 11.2. The molecule has 1 saturated heterocycles. The number of phenolic OH excluding ortho intramolecular Hbond substituents is 1. The van der Waals surface area contributed by atoms with E-state index < -0.39 is 47.8 Å². The van der Waals surface area contributed by atoms with Crippen molar-refractivity contribution in [3.05, 3.63) is 102 Å². The van der Waals surface area contributed by atoms with Gasteiger partial charge in [-0.2, -0.15) is 0 Å². The number of nitrogens with zero attached hydrogens (tertiary/aromatic N) is 2. The predicted octanol–water partition coefficient (Wildman–Crippen LogP) is 1.93. The van der Waals surface area contributed by atoms with Crippen LogP contribution in [0.2, 0.25) is 0 Å². The highest BCUT2D eigenvalue weighted by atomic mass is 16.3. The molecule has 3 aromatic rings. The number of phenols is 1. The van der Waals surface area contributed by atoms with Crippen molar-refractivity contribution in [3.8, 4) is 5.75 Å². The monoisotopic (exact) mass is 599 g/mol. The molecule has 6 N–H and O–H groups in total. The summed E-state index contributed by atoms with van der Waals surface area (Å²) in [6.45, 7) is 0.381. The lowest BCUT2D eigenvalue weighted by Crippen LogP contribution is -2.60. The van der Waals surface area contributed by atoms with Crippen molar-refractivity contribution in [2.75, 3.05) is 13.6 Å². The Morgan fingerprint density at radius 1 is 0.818 bits per heavy atom. The molecule has 3 aromatic carbocycles. The molecule has 0 spiro atoms. The molecule has 0 aromatic heterocycles. The molecule has 1 fully saturated rings. The summed E-state index contributed by atoms with van der Waals surface area (Å²) in [6.07, 6.45) is 1.67. The summed E-state index contributed by atoms with van der Waals surface area (Å²) in [5, 5.41) is 12.5. The maximum Gasteiger partial charge on any atom is 0.252 e. The van der Waals surface area contributed by atoms with Gasteiger partial charge in [-0.3, -0.25) is 24.1 Å². The molecule has 1 aliphatic heterocycles. The minimum absolute atomic E-state index is 0.0713. The van der Waals surface area contributed by atoms with Gasteiger partial charge >= 0.3 is 0 Å². The van der Waals surface area contributed by atoms with Crippen LogP contribution in [0.15, 0.2) is 84.9 Å². The second-order valence-corrected chi connectivity index (χ2v) is 11.2. The van der Waals surface area contributed by atoms with Crippen LogP contribution in [0.3, 0.4) is 0 Å². The highest BCUT2D eigenvalue weighted by molar-refractivity contribution is 6.06. The smallest absolute Gasteiger partial charge is 0.252 e. The van der Waals surface area contributed by atoms with Gasteiger partial charge in [-0.1, -0.05) is 72.8 Å². The molecule has 4 rings (SSSR count). The van der Waals surface area contributed by atoms with E-state index in [0.717, 1.165) is 16.0 Å². The van der Waals surface area contributed by atoms with E-state index in [-0.39, 0.29) is 31.4 Å². The molecule has 10 nitrogen and oxygen atoms in total. The summed E-state index contributed by atoms with van der Waals surface area (Å²) in [4.78, 5) is 59.0.